The highest BCUT2D eigenvalue weighted by atomic mass is 19.1. The molecule has 0 fully saturated rings. The summed E-state index contributed by atoms with van der Waals surface area (Å²) in [7, 11) is 0. The van der Waals surface area contributed by atoms with Crippen molar-refractivity contribution in [3.63, 3.8) is 0 Å². The molecule has 0 amide bonds. The van der Waals surface area contributed by atoms with E-state index in [2.05, 4.69) is 31.0 Å². The van der Waals surface area contributed by atoms with Crippen molar-refractivity contribution in [2.75, 3.05) is 0 Å². The van der Waals surface area contributed by atoms with E-state index in [1.54, 1.807) is 18.3 Å². The summed E-state index contributed by atoms with van der Waals surface area (Å²) in [4.78, 5) is 19.9. The van der Waals surface area contributed by atoms with Crippen LogP contribution in [0.2, 0.25) is 0 Å². The molecule has 2 bridgehead atoms. The van der Waals surface area contributed by atoms with E-state index in [4.69, 9.17) is 4.99 Å². The lowest BCUT2D eigenvalue weighted by Gasteiger charge is -2.45. The van der Waals surface area contributed by atoms with Gasteiger partial charge in [0.05, 0.1) is 0 Å². The summed E-state index contributed by atoms with van der Waals surface area (Å²) in [6, 6.07) is 9.97. The van der Waals surface area contributed by atoms with E-state index in [1.165, 1.54) is 23.3 Å². The molecule has 0 aliphatic heterocycles. The quantitative estimate of drug-likeness (QED) is 0.599. The van der Waals surface area contributed by atoms with Gasteiger partial charge in [0.15, 0.2) is 0 Å². The number of aromatic nitrogens is 1. The Balaban J connectivity index is 1.77. The van der Waals surface area contributed by atoms with Gasteiger partial charge in [-0.25, -0.2) is 4.39 Å². The van der Waals surface area contributed by atoms with Gasteiger partial charge in [0.25, 0.3) is 0 Å². The highest BCUT2D eigenvalue weighted by Gasteiger charge is 2.46. The minimum atomic E-state index is -0.498. The molecule has 2 aromatic rings. The number of benzene rings is 1. The van der Waals surface area contributed by atoms with E-state index in [-0.39, 0.29) is 17.3 Å². The number of aliphatic imine (C=N–C) groups is 1. The van der Waals surface area contributed by atoms with Gasteiger partial charge in [-0.1, -0.05) is 35.9 Å². The summed E-state index contributed by atoms with van der Waals surface area (Å²) in [6.45, 7) is 4.20. The first-order valence-corrected chi connectivity index (χ1v) is 9.56. The fourth-order valence-corrected chi connectivity index (χ4v) is 4.59. The van der Waals surface area contributed by atoms with Gasteiger partial charge in [-0.15, -0.1) is 0 Å². The normalized spacial score (nSPS) is 25.3. The first-order valence-electron chi connectivity index (χ1n) is 9.56. The molecule has 1 aromatic heterocycles. The Morgan fingerprint density at radius 1 is 1.29 bits per heavy atom. The maximum Gasteiger partial charge on any atom is 0.248 e. The van der Waals surface area contributed by atoms with Crippen LogP contribution in [0.4, 0.5) is 4.39 Å². The third kappa shape index (κ3) is 3.19. The molecule has 3 nitrogen and oxygen atoms in total. The maximum absolute atomic E-state index is 13.4. The smallest absolute Gasteiger partial charge is 0.248 e. The molecule has 0 saturated carbocycles. The van der Waals surface area contributed by atoms with Gasteiger partial charge in [-0.3, -0.25) is 9.79 Å². The molecule has 0 saturated heterocycles. The Bertz CT molecular complexity index is 1090. The van der Waals surface area contributed by atoms with E-state index in [1.807, 2.05) is 24.3 Å². The number of hydrogen-bond donors (Lipinski definition) is 1. The number of allylic oxidation sites excluding steroid dienone is 3. The van der Waals surface area contributed by atoms with Gasteiger partial charge in [0, 0.05) is 35.9 Å². The predicted octanol–water partition coefficient (Wildman–Crippen LogP) is 4.96. The highest BCUT2D eigenvalue weighted by molar-refractivity contribution is 5.79. The highest BCUT2D eigenvalue weighted by Crippen LogP contribution is 2.51. The van der Waals surface area contributed by atoms with E-state index in [0.29, 0.717) is 0 Å². The Kier molecular flexibility index (Phi) is 4.71. The van der Waals surface area contributed by atoms with E-state index in [9.17, 15) is 9.18 Å². The number of H-pyrrole nitrogens is 1. The number of aromatic amines is 1. The summed E-state index contributed by atoms with van der Waals surface area (Å²) in [5.74, 6) is -0.0106. The van der Waals surface area contributed by atoms with Crippen molar-refractivity contribution in [3.8, 4) is 0 Å². The lowest BCUT2D eigenvalue weighted by atomic mass is 9.63. The van der Waals surface area contributed by atoms with Gasteiger partial charge >= 0.3 is 0 Å². The zero-order chi connectivity index (χ0) is 19.7. The minimum Gasteiger partial charge on any atom is -0.326 e. The number of nitrogens with one attached hydrogen (secondary N) is 1. The second-order valence-corrected chi connectivity index (χ2v) is 7.51. The third-order valence-corrected chi connectivity index (χ3v) is 5.60. The number of hydrogen-bond acceptors (Lipinski definition) is 2. The molecule has 1 heterocycles. The zero-order valence-electron chi connectivity index (χ0n) is 16.1. The monoisotopic (exact) mass is 374 g/mol. The second kappa shape index (κ2) is 7.19. The zero-order valence-corrected chi connectivity index (χ0v) is 16.1. The van der Waals surface area contributed by atoms with Crippen molar-refractivity contribution in [2.45, 2.75) is 32.2 Å². The first kappa shape index (κ1) is 18.4. The Hall–Kier alpha value is -3.01. The third-order valence-electron chi connectivity index (χ3n) is 5.60. The molecular formula is C24H23FN2O. The van der Waals surface area contributed by atoms with Crippen LogP contribution in [0.3, 0.4) is 0 Å². The van der Waals surface area contributed by atoms with Crippen LogP contribution in [0.5, 0.6) is 0 Å². The van der Waals surface area contributed by atoms with Crippen LogP contribution in [0, 0.1) is 11.7 Å². The Labute approximate surface area is 164 Å². The fourth-order valence-electron chi connectivity index (χ4n) is 4.59. The number of fused-ring (bicyclic) bond motifs is 4. The molecule has 142 valence electrons. The van der Waals surface area contributed by atoms with Gasteiger partial charge in [0.2, 0.25) is 5.56 Å². The number of pyridine rings is 1. The van der Waals surface area contributed by atoms with E-state index >= 15 is 0 Å². The molecule has 4 rings (SSSR count). The summed E-state index contributed by atoms with van der Waals surface area (Å²) in [5.41, 5.74) is 4.83. The van der Waals surface area contributed by atoms with Crippen LogP contribution in [0.25, 0.3) is 6.08 Å². The van der Waals surface area contributed by atoms with Crippen LogP contribution in [-0.4, -0.2) is 11.2 Å². The summed E-state index contributed by atoms with van der Waals surface area (Å²) < 4.78 is 13.4. The van der Waals surface area contributed by atoms with Crippen molar-refractivity contribution in [2.24, 2.45) is 10.9 Å². The molecule has 1 N–H and O–H groups in total. The predicted molar refractivity (Wildman–Crippen MR) is 112 cm³/mol. The Morgan fingerprint density at radius 2 is 2.14 bits per heavy atom. The lowest BCUT2D eigenvalue weighted by Crippen LogP contribution is -2.40. The first-order chi connectivity index (χ1) is 13.5. The molecular weight excluding hydrogens is 351 g/mol. The largest absolute Gasteiger partial charge is 0.326 e. The standard InChI is InChI=1S/C24H23FN2O/c1-3-20-18-12-16(2)15-24(20,21-9-10-23(28)27-22(21)14-18)26-11-5-7-17-6-4-8-19(25)13-17/h3-13,18H,14-15H2,1-2H3,(H,27,28)/b7-5+,20-3+,26-11?/t18-,24+/m0/s1. The van der Waals surface area contributed by atoms with Crippen LogP contribution in [0.15, 0.2) is 75.6 Å². The van der Waals surface area contributed by atoms with Crippen LogP contribution < -0.4 is 5.56 Å². The molecule has 28 heavy (non-hydrogen) atoms. The lowest BCUT2D eigenvalue weighted by molar-refractivity contribution is 0.413. The Morgan fingerprint density at radius 3 is 2.93 bits per heavy atom. The molecule has 2 atom stereocenters. The second-order valence-electron chi connectivity index (χ2n) is 7.51. The number of rotatable bonds is 3. The van der Waals surface area contributed by atoms with E-state index in [0.717, 1.165) is 29.7 Å². The average Bonchev–Trinajstić information content (AvgIpc) is 2.64. The SMILES string of the molecule is C/C=C1\[C@H]2C=C(C)C[C@]1(N=C/C=C/c1cccc(F)c1)c1ccc(=O)[nH]c1C2. The number of nitrogens with zero attached hydrogens (tertiary/aromatic N) is 1. The van der Waals surface area contributed by atoms with Gasteiger partial charge < -0.3 is 4.98 Å². The number of halogens is 1. The van der Waals surface area contributed by atoms with Gasteiger partial charge in [-0.2, -0.15) is 0 Å². The summed E-state index contributed by atoms with van der Waals surface area (Å²) in [6.07, 6.45) is 11.5. The molecule has 0 spiro atoms. The van der Waals surface area contributed by atoms with Gasteiger partial charge in [0.1, 0.15) is 11.4 Å². The topological polar surface area (TPSA) is 45.2 Å². The van der Waals surface area contributed by atoms with Crippen LogP contribution in [-0.2, 0) is 12.0 Å². The maximum atomic E-state index is 13.4. The molecule has 0 unspecified atom stereocenters. The molecule has 2 aliphatic carbocycles. The fraction of sp³-hybridized carbons (Fsp3) is 0.250. The average molecular weight is 374 g/mol. The molecule has 0 radical (unpaired) electrons. The van der Waals surface area contributed by atoms with Gasteiger partial charge in [-0.05, 0) is 55.7 Å². The van der Waals surface area contributed by atoms with Crippen molar-refractivity contribution in [1.82, 2.24) is 4.98 Å². The molecule has 4 heteroatoms. The van der Waals surface area contributed by atoms with Crippen molar-refractivity contribution >= 4 is 12.3 Å². The van der Waals surface area contributed by atoms with Crippen molar-refractivity contribution < 1.29 is 4.39 Å². The minimum absolute atomic E-state index is 0.0772. The molecule has 1 aromatic carbocycles. The van der Waals surface area contributed by atoms with Crippen LogP contribution >= 0.6 is 0 Å². The summed E-state index contributed by atoms with van der Waals surface area (Å²) >= 11 is 0. The van der Waals surface area contributed by atoms with Crippen LogP contribution in [0.1, 0.15) is 37.1 Å². The van der Waals surface area contributed by atoms with Crippen molar-refractivity contribution in [1.29, 1.82) is 0 Å². The summed E-state index contributed by atoms with van der Waals surface area (Å²) in [5, 5.41) is 0. The molecule has 2 aliphatic rings. The van der Waals surface area contributed by atoms with Crippen molar-refractivity contribution in [3.05, 3.63) is 98.8 Å². The van der Waals surface area contributed by atoms with E-state index < -0.39 is 5.54 Å².